The quantitative estimate of drug-likeness (QED) is 0.755. The van der Waals surface area contributed by atoms with E-state index >= 15 is 0 Å². The van der Waals surface area contributed by atoms with E-state index in [0.29, 0.717) is 0 Å². The van der Waals surface area contributed by atoms with Gasteiger partial charge in [0.2, 0.25) is 0 Å². The Morgan fingerprint density at radius 1 is 1.58 bits per heavy atom. The van der Waals surface area contributed by atoms with E-state index in [0.717, 1.165) is 6.42 Å². The number of hydrogen-bond acceptors (Lipinski definition) is 4. The van der Waals surface area contributed by atoms with Crippen molar-refractivity contribution in [2.24, 2.45) is 0 Å². The number of aliphatic hydroxyl groups excluding tert-OH is 1. The first-order valence-corrected chi connectivity index (χ1v) is 3.65. The zero-order valence-corrected chi connectivity index (χ0v) is 10.3. The van der Waals surface area contributed by atoms with Gasteiger partial charge in [-0.1, -0.05) is 6.92 Å². The van der Waals surface area contributed by atoms with Crippen LogP contribution in [-0.4, -0.2) is 30.6 Å². The number of hydrogen-bond donors (Lipinski definition) is 1. The molecule has 0 fully saturated rings. The molecule has 0 rings (SSSR count). The first-order chi connectivity index (χ1) is 5.20. The molecule has 0 saturated heterocycles. The van der Waals surface area contributed by atoms with Gasteiger partial charge >= 0.3 is 6.16 Å². The predicted octanol–water partition coefficient (Wildman–Crippen LogP) is 0.928. The van der Waals surface area contributed by atoms with Crippen molar-refractivity contribution in [3.8, 4) is 0 Å². The van der Waals surface area contributed by atoms with Crippen molar-refractivity contribution in [2.75, 3.05) is 13.2 Å². The van der Waals surface area contributed by atoms with E-state index in [1.807, 2.05) is 6.92 Å². The maximum atomic E-state index is 10.6. The van der Waals surface area contributed by atoms with Gasteiger partial charge in [-0.15, -0.1) is 0 Å². The molecule has 0 aliphatic carbocycles. The minimum atomic E-state index is -0.714. The second kappa shape index (κ2) is 9.42. The number of rotatable bonds is 4. The SMILES string of the molecule is CCC(C)OC(=O)OCCO.[Y]. The van der Waals surface area contributed by atoms with E-state index in [4.69, 9.17) is 9.84 Å². The van der Waals surface area contributed by atoms with Crippen molar-refractivity contribution < 1.29 is 52.1 Å². The molecule has 1 radical (unpaired) electrons. The molecule has 1 N–H and O–H groups in total. The summed E-state index contributed by atoms with van der Waals surface area (Å²) in [4.78, 5) is 10.6. The van der Waals surface area contributed by atoms with E-state index in [1.165, 1.54) is 0 Å². The average molecular weight is 251 g/mol. The van der Waals surface area contributed by atoms with Crippen LogP contribution >= 0.6 is 0 Å². The maximum absolute atomic E-state index is 10.6. The van der Waals surface area contributed by atoms with Crippen LogP contribution < -0.4 is 0 Å². The summed E-state index contributed by atoms with van der Waals surface area (Å²) in [6, 6.07) is 0. The summed E-state index contributed by atoms with van der Waals surface area (Å²) in [5, 5.41) is 8.27. The molecule has 0 aliphatic rings. The van der Waals surface area contributed by atoms with E-state index < -0.39 is 6.16 Å². The van der Waals surface area contributed by atoms with Gasteiger partial charge in [0.15, 0.2) is 0 Å². The topological polar surface area (TPSA) is 55.8 Å². The maximum Gasteiger partial charge on any atom is 0.508 e. The van der Waals surface area contributed by atoms with Gasteiger partial charge in [-0.05, 0) is 13.3 Å². The summed E-state index contributed by atoms with van der Waals surface area (Å²) in [6.45, 7) is 3.51. The van der Waals surface area contributed by atoms with Crippen molar-refractivity contribution in [2.45, 2.75) is 26.4 Å². The molecular weight excluding hydrogens is 237 g/mol. The van der Waals surface area contributed by atoms with Gasteiger partial charge in [-0.25, -0.2) is 4.79 Å². The molecule has 69 valence electrons. The molecule has 0 aromatic carbocycles. The molecule has 0 saturated carbocycles. The molecule has 0 spiro atoms. The van der Waals surface area contributed by atoms with Gasteiger partial charge in [0.1, 0.15) is 12.7 Å². The number of aliphatic hydroxyl groups is 1. The zero-order valence-electron chi connectivity index (χ0n) is 7.45. The molecule has 4 nitrogen and oxygen atoms in total. The Balaban J connectivity index is 0. The van der Waals surface area contributed by atoms with Crippen LogP contribution in [0.4, 0.5) is 4.79 Å². The molecule has 0 bridgehead atoms. The second-order valence-electron chi connectivity index (χ2n) is 2.16. The van der Waals surface area contributed by atoms with Crippen molar-refractivity contribution in [1.82, 2.24) is 0 Å². The van der Waals surface area contributed by atoms with Crippen molar-refractivity contribution in [3.63, 3.8) is 0 Å². The molecule has 0 amide bonds. The predicted molar refractivity (Wildman–Crippen MR) is 39.3 cm³/mol. The fraction of sp³-hybridized carbons (Fsp3) is 0.857. The summed E-state index contributed by atoms with van der Waals surface area (Å²) >= 11 is 0. The summed E-state index contributed by atoms with van der Waals surface area (Å²) < 4.78 is 9.18. The fourth-order valence-electron chi connectivity index (χ4n) is 0.411. The van der Waals surface area contributed by atoms with E-state index in [1.54, 1.807) is 6.92 Å². The minimum Gasteiger partial charge on any atom is -0.432 e. The fourth-order valence-corrected chi connectivity index (χ4v) is 0.411. The van der Waals surface area contributed by atoms with Crippen LogP contribution in [-0.2, 0) is 42.2 Å². The van der Waals surface area contributed by atoms with Crippen LogP contribution in [0.15, 0.2) is 0 Å². The van der Waals surface area contributed by atoms with E-state index in [2.05, 4.69) is 4.74 Å². The first kappa shape index (κ1) is 14.8. The Hall–Kier alpha value is 0.334. The Bertz CT molecular complexity index is 118. The Labute approximate surface area is 97.5 Å². The smallest absolute Gasteiger partial charge is 0.432 e. The van der Waals surface area contributed by atoms with Crippen LogP contribution in [0.1, 0.15) is 20.3 Å². The third-order valence-electron chi connectivity index (χ3n) is 1.18. The van der Waals surface area contributed by atoms with Gasteiger partial charge in [0.25, 0.3) is 0 Å². The molecule has 12 heavy (non-hydrogen) atoms. The molecule has 0 aromatic heterocycles. The number of carbonyl (C=O) groups excluding carboxylic acids is 1. The standard InChI is InChI=1S/C7H14O4.Y/c1-3-6(2)11-7(9)10-5-4-8;/h6,8H,3-5H2,1-2H3;. The van der Waals surface area contributed by atoms with Crippen LogP contribution in [0.2, 0.25) is 0 Å². The van der Waals surface area contributed by atoms with Gasteiger partial charge in [-0.2, -0.15) is 0 Å². The third kappa shape index (κ3) is 8.43. The van der Waals surface area contributed by atoms with Gasteiger partial charge in [0, 0.05) is 32.7 Å². The molecule has 1 atom stereocenters. The molecule has 0 heterocycles. The van der Waals surface area contributed by atoms with Crippen LogP contribution in [0.3, 0.4) is 0 Å². The summed E-state index contributed by atoms with van der Waals surface area (Å²) in [6.07, 6.45) is -0.0802. The summed E-state index contributed by atoms with van der Waals surface area (Å²) in [5.41, 5.74) is 0. The third-order valence-corrected chi connectivity index (χ3v) is 1.18. The van der Waals surface area contributed by atoms with Crippen LogP contribution in [0.5, 0.6) is 0 Å². The Kier molecular flexibility index (Phi) is 11.6. The first-order valence-electron chi connectivity index (χ1n) is 3.65. The summed E-state index contributed by atoms with van der Waals surface area (Å²) in [5.74, 6) is 0. The Morgan fingerprint density at radius 3 is 2.58 bits per heavy atom. The number of ether oxygens (including phenoxy) is 2. The van der Waals surface area contributed by atoms with Crippen LogP contribution in [0, 0.1) is 0 Å². The van der Waals surface area contributed by atoms with Gasteiger partial charge in [-0.3, -0.25) is 0 Å². The van der Waals surface area contributed by atoms with E-state index in [9.17, 15) is 4.79 Å². The average Bonchev–Trinajstić information content (AvgIpc) is 2.00. The summed E-state index contributed by atoms with van der Waals surface area (Å²) in [7, 11) is 0. The zero-order chi connectivity index (χ0) is 8.69. The normalized spacial score (nSPS) is 11.2. The molecule has 0 aromatic rings. The van der Waals surface area contributed by atoms with Crippen LogP contribution in [0.25, 0.3) is 0 Å². The largest absolute Gasteiger partial charge is 0.508 e. The number of carbonyl (C=O) groups is 1. The Morgan fingerprint density at radius 2 is 2.17 bits per heavy atom. The molecule has 0 aliphatic heterocycles. The van der Waals surface area contributed by atoms with E-state index in [-0.39, 0.29) is 52.0 Å². The second-order valence-corrected chi connectivity index (χ2v) is 2.16. The van der Waals surface area contributed by atoms with Gasteiger partial charge < -0.3 is 14.6 Å². The minimum absolute atomic E-state index is 0. The van der Waals surface area contributed by atoms with Gasteiger partial charge in [0.05, 0.1) is 6.61 Å². The molecule has 5 heteroatoms. The van der Waals surface area contributed by atoms with Crippen molar-refractivity contribution in [1.29, 1.82) is 0 Å². The molecule has 1 unspecified atom stereocenters. The van der Waals surface area contributed by atoms with Crippen molar-refractivity contribution in [3.05, 3.63) is 0 Å². The molecular formula is C7H14O4Y. The monoisotopic (exact) mass is 251 g/mol. The van der Waals surface area contributed by atoms with Crippen molar-refractivity contribution >= 4 is 6.16 Å².